The molecule has 28 heavy (non-hydrogen) atoms. The van der Waals surface area contributed by atoms with Crippen LogP contribution in [0.25, 0.3) is 0 Å². The molecule has 1 fully saturated rings. The zero-order valence-corrected chi connectivity index (χ0v) is 19.1. The number of anilines is 1. The number of quaternary nitrogens is 1. The van der Waals surface area contributed by atoms with Gasteiger partial charge in [0.05, 0.1) is 26.2 Å². The highest BCUT2D eigenvalue weighted by molar-refractivity contribution is 7.80. The summed E-state index contributed by atoms with van der Waals surface area (Å²) in [6, 6.07) is 10.8. The van der Waals surface area contributed by atoms with Crippen molar-refractivity contribution in [2.24, 2.45) is 5.92 Å². The van der Waals surface area contributed by atoms with Gasteiger partial charge >= 0.3 is 0 Å². The van der Waals surface area contributed by atoms with Crippen molar-refractivity contribution in [2.75, 3.05) is 31.5 Å². The number of nitrogens with one attached hydrogen (secondary N) is 2. The molecule has 0 aliphatic carbocycles. The van der Waals surface area contributed by atoms with Gasteiger partial charge in [0.1, 0.15) is 0 Å². The van der Waals surface area contributed by atoms with Crippen LogP contribution in [0, 0.1) is 19.8 Å². The molecule has 2 N–H and O–H groups in total. The quantitative estimate of drug-likeness (QED) is 0.658. The molecule has 152 valence electrons. The van der Waals surface area contributed by atoms with E-state index < -0.39 is 0 Å². The smallest absolute Gasteiger partial charge is 0.173 e. The highest BCUT2D eigenvalue weighted by Gasteiger charge is 2.19. The molecule has 0 unspecified atom stereocenters. The van der Waals surface area contributed by atoms with Gasteiger partial charge in [0.2, 0.25) is 0 Å². The fourth-order valence-corrected chi connectivity index (χ4v) is 4.83. The molecule has 0 bridgehead atoms. The number of rotatable bonds is 7. The van der Waals surface area contributed by atoms with Crippen molar-refractivity contribution in [3.05, 3.63) is 51.7 Å². The second-order valence-electron chi connectivity index (χ2n) is 8.29. The van der Waals surface area contributed by atoms with Crippen molar-refractivity contribution in [2.45, 2.75) is 46.6 Å². The first-order valence-corrected chi connectivity index (χ1v) is 11.8. The minimum absolute atomic E-state index is 0.837. The van der Waals surface area contributed by atoms with Crippen LogP contribution in [0.15, 0.2) is 35.7 Å². The van der Waals surface area contributed by atoms with Crippen LogP contribution in [0.1, 0.15) is 42.2 Å². The lowest BCUT2D eigenvalue weighted by molar-refractivity contribution is -0.906. The third-order valence-corrected chi connectivity index (χ3v) is 7.01. The predicted octanol–water partition coefficient (Wildman–Crippen LogP) is 4.27. The van der Waals surface area contributed by atoms with Crippen LogP contribution < -0.4 is 10.2 Å². The van der Waals surface area contributed by atoms with E-state index >= 15 is 0 Å². The van der Waals surface area contributed by atoms with Crippen LogP contribution in [0.3, 0.4) is 0 Å². The first kappa shape index (κ1) is 21.3. The maximum atomic E-state index is 5.83. The number of thiocarbonyl (C=S) groups is 1. The average Bonchev–Trinajstić information content (AvgIpc) is 3.18. The van der Waals surface area contributed by atoms with E-state index in [4.69, 9.17) is 12.2 Å². The van der Waals surface area contributed by atoms with E-state index in [-0.39, 0.29) is 0 Å². The Kier molecular flexibility index (Phi) is 7.89. The Morgan fingerprint density at radius 3 is 2.75 bits per heavy atom. The number of hydrogen-bond donors (Lipinski definition) is 2. The summed E-state index contributed by atoms with van der Waals surface area (Å²) in [7, 11) is 0. The monoisotopic (exact) mass is 416 g/mol. The Hall–Kier alpha value is -1.43. The summed E-state index contributed by atoms with van der Waals surface area (Å²) in [5, 5.41) is 6.50. The number of piperidine rings is 1. The van der Waals surface area contributed by atoms with Gasteiger partial charge in [0.15, 0.2) is 5.11 Å². The molecular formula is C23H34N3S2+. The van der Waals surface area contributed by atoms with Crippen LogP contribution in [0.5, 0.6) is 0 Å². The third kappa shape index (κ3) is 6.29. The van der Waals surface area contributed by atoms with Gasteiger partial charge in [-0.25, -0.2) is 0 Å². The summed E-state index contributed by atoms with van der Waals surface area (Å²) in [5.41, 5.74) is 3.61. The molecule has 3 nitrogen and oxygen atoms in total. The fraction of sp³-hybridized carbons (Fsp3) is 0.522. The van der Waals surface area contributed by atoms with E-state index in [9.17, 15) is 0 Å². The summed E-state index contributed by atoms with van der Waals surface area (Å²) < 4.78 is 0. The summed E-state index contributed by atoms with van der Waals surface area (Å²) in [6.07, 6.45) is 3.94. The summed E-state index contributed by atoms with van der Waals surface area (Å²) >= 11 is 7.64. The van der Waals surface area contributed by atoms with Gasteiger partial charge in [-0.05, 0) is 73.5 Å². The van der Waals surface area contributed by atoms with Gasteiger partial charge in [-0.2, -0.15) is 0 Å². The van der Waals surface area contributed by atoms with Gasteiger partial charge in [-0.1, -0.05) is 25.1 Å². The molecule has 1 saturated heterocycles. The van der Waals surface area contributed by atoms with Gasteiger partial charge < -0.3 is 15.1 Å². The Labute approximate surface area is 179 Å². The minimum atomic E-state index is 0.837. The SMILES string of the molecule is Cc1ccc(C)c(NC(=S)N(CCC[NH+]2CCC(C)CC2)Cc2cccs2)c1. The lowest BCUT2D eigenvalue weighted by Crippen LogP contribution is -3.13. The van der Waals surface area contributed by atoms with E-state index in [1.165, 1.54) is 54.9 Å². The molecule has 3 rings (SSSR count). The van der Waals surface area contributed by atoms with Crippen LogP contribution in [-0.2, 0) is 6.54 Å². The second kappa shape index (κ2) is 10.4. The zero-order chi connectivity index (χ0) is 19.9. The molecule has 0 spiro atoms. The van der Waals surface area contributed by atoms with Crippen LogP contribution in [0.2, 0.25) is 0 Å². The standard InChI is InChI=1S/C23H33N3S2/c1-18-9-13-25(14-10-18)11-5-12-26(17-21-6-4-15-28-21)23(27)24-22-16-19(2)7-8-20(22)3/h4,6-8,15-16,18H,5,9-14,17H2,1-3H3,(H,24,27)/p+1. The first-order valence-electron chi connectivity index (χ1n) is 10.5. The molecule has 2 heterocycles. The number of benzene rings is 1. The molecule has 1 aliphatic rings. The fourth-order valence-electron chi connectivity index (χ4n) is 3.85. The van der Waals surface area contributed by atoms with E-state index in [2.05, 4.69) is 66.7 Å². The molecule has 5 heteroatoms. The Morgan fingerprint density at radius 2 is 2.04 bits per heavy atom. The number of aryl methyl sites for hydroxylation is 2. The average molecular weight is 417 g/mol. The normalized spacial score (nSPS) is 19.4. The summed E-state index contributed by atoms with van der Waals surface area (Å²) in [6.45, 7) is 12.5. The van der Waals surface area contributed by atoms with Crippen LogP contribution in [0.4, 0.5) is 5.69 Å². The Bertz CT molecular complexity index is 749. The number of thiophene rings is 1. The second-order valence-corrected chi connectivity index (χ2v) is 9.70. The largest absolute Gasteiger partial charge is 0.344 e. The topological polar surface area (TPSA) is 19.7 Å². The van der Waals surface area contributed by atoms with E-state index in [0.29, 0.717) is 0 Å². The lowest BCUT2D eigenvalue weighted by Gasteiger charge is -2.29. The van der Waals surface area contributed by atoms with Gasteiger partial charge in [0.25, 0.3) is 0 Å². The van der Waals surface area contributed by atoms with E-state index in [1.54, 1.807) is 4.90 Å². The lowest BCUT2D eigenvalue weighted by atomic mass is 9.99. The van der Waals surface area contributed by atoms with Crippen molar-refractivity contribution in [1.29, 1.82) is 0 Å². The van der Waals surface area contributed by atoms with Gasteiger partial charge in [-0.3, -0.25) is 0 Å². The van der Waals surface area contributed by atoms with Gasteiger partial charge in [0, 0.05) is 23.5 Å². The van der Waals surface area contributed by atoms with Crippen molar-refractivity contribution >= 4 is 34.4 Å². The van der Waals surface area contributed by atoms with Crippen molar-refractivity contribution in [3.63, 3.8) is 0 Å². The van der Waals surface area contributed by atoms with Gasteiger partial charge in [-0.15, -0.1) is 11.3 Å². The zero-order valence-electron chi connectivity index (χ0n) is 17.5. The predicted molar refractivity (Wildman–Crippen MR) is 125 cm³/mol. The number of likely N-dealkylation sites (tertiary alicyclic amines) is 1. The molecule has 0 radical (unpaired) electrons. The maximum absolute atomic E-state index is 5.83. The molecule has 1 aromatic carbocycles. The molecule has 1 aliphatic heterocycles. The van der Waals surface area contributed by atoms with Crippen molar-refractivity contribution in [3.8, 4) is 0 Å². The molecule has 0 amide bonds. The molecule has 0 saturated carbocycles. The Morgan fingerprint density at radius 1 is 1.25 bits per heavy atom. The van der Waals surface area contributed by atoms with Crippen LogP contribution in [-0.4, -0.2) is 36.2 Å². The van der Waals surface area contributed by atoms with E-state index in [1.807, 2.05) is 11.3 Å². The molecular weight excluding hydrogens is 382 g/mol. The third-order valence-electron chi connectivity index (χ3n) is 5.79. The molecule has 1 aromatic heterocycles. The minimum Gasteiger partial charge on any atom is -0.344 e. The number of nitrogens with zero attached hydrogens (tertiary/aromatic N) is 1. The summed E-state index contributed by atoms with van der Waals surface area (Å²) in [5.74, 6) is 0.911. The molecule has 2 aromatic rings. The highest BCUT2D eigenvalue weighted by atomic mass is 32.1. The Balaban J connectivity index is 1.59. The summed E-state index contributed by atoms with van der Waals surface area (Å²) in [4.78, 5) is 5.47. The molecule has 0 atom stereocenters. The number of hydrogen-bond acceptors (Lipinski definition) is 2. The van der Waals surface area contributed by atoms with E-state index in [0.717, 1.165) is 29.8 Å². The van der Waals surface area contributed by atoms with Crippen LogP contribution >= 0.6 is 23.6 Å². The van der Waals surface area contributed by atoms with Crippen molar-refractivity contribution in [1.82, 2.24) is 4.90 Å². The maximum Gasteiger partial charge on any atom is 0.173 e. The highest BCUT2D eigenvalue weighted by Crippen LogP contribution is 2.19. The first-order chi connectivity index (χ1) is 13.5. The van der Waals surface area contributed by atoms with Crippen molar-refractivity contribution < 1.29 is 4.90 Å².